The molecule has 0 atom stereocenters. The molecule has 3 aromatic heterocycles. The molecule has 4 heterocycles. The van der Waals surface area contributed by atoms with Gasteiger partial charge in [-0.25, -0.2) is 9.97 Å². The Morgan fingerprint density at radius 1 is 1.15 bits per heavy atom. The van der Waals surface area contributed by atoms with Gasteiger partial charge in [0.15, 0.2) is 0 Å². The average Bonchev–Trinajstić information content (AvgIpc) is 2.69. The lowest BCUT2D eigenvalue weighted by molar-refractivity contribution is 0.326. The summed E-state index contributed by atoms with van der Waals surface area (Å²) in [5, 5.41) is 4.62. The van der Waals surface area contributed by atoms with Crippen molar-refractivity contribution in [2.45, 2.75) is 25.8 Å². The minimum Gasteiger partial charge on any atom is -0.478 e. The Balaban J connectivity index is 1.42. The largest absolute Gasteiger partial charge is 0.478 e. The summed E-state index contributed by atoms with van der Waals surface area (Å²) in [6.07, 6.45) is 9.18. The zero-order valence-corrected chi connectivity index (χ0v) is 14.8. The monoisotopic (exact) mass is 350 g/mol. The lowest BCUT2D eigenvalue weighted by Crippen LogP contribution is -2.39. The number of anilines is 2. The van der Waals surface area contributed by atoms with Crippen LogP contribution in [0, 0.1) is 0 Å². The number of aromatic nitrogens is 4. The molecular formula is C19H22N6O. The van der Waals surface area contributed by atoms with Crippen molar-refractivity contribution in [3.63, 3.8) is 0 Å². The van der Waals surface area contributed by atoms with E-state index in [0.29, 0.717) is 18.5 Å². The summed E-state index contributed by atoms with van der Waals surface area (Å²) in [4.78, 5) is 19.5. The fraction of sp³-hybridized carbons (Fsp3) is 0.368. The van der Waals surface area contributed by atoms with Gasteiger partial charge in [0.2, 0.25) is 5.88 Å². The predicted molar refractivity (Wildman–Crippen MR) is 102 cm³/mol. The highest BCUT2D eigenvalue weighted by atomic mass is 16.5. The molecule has 26 heavy (non-hydrogen) atoms. The van der Waals surface area contributed by atoms with Crippen molar-refractivity contribution in [3.05, 3.63) is 43.1 Å². The highest BCUT2D eigenvalue weighted by Gasteiger charge is 2.21. The Morgan fingerprint density at radius 3 is 2.88 bits per heavy atom. The highest BCUT2D eigenvalue weighted by Crippen LogP contribution is 2.27. The van der Waals surface area contributed by atoms with Crippen molar-refractivity contribution >= 4 is 22.4 Å². The van der Waals surface area contributed by atoms with Crippen molar-refractivity contribution in [1.29, 1.82) is 0 Å². The van der Waals surface area contributed by atoms with Crippen LogP contribution in [0.4, 0.5) is 11.5 Å². The lowest BCUT2D eigenvalue weighted by Gasteiger charge is -2.34. The zero-order chi connectivity index (χ0) is 17.8. The van der Waals surface area contributed by atoms with Crippen molar-refractivity contribution in [3.8, 4) is 5.88 Å². The van der Waals surface area contributed by atoms with E-state index in [1.165, 1.54) is 5.69 Å². The van der Waals surface area contributed by atoms with E-state index in [2.05, 4.69) is 36.2 Å². The second kappa shape index (κ2) is 7.51. The first-order chi connectivity index (χ1) is 12.8. The minimum absolute atomic E-state index is 0.391. The van der Waals surface area contributed by atoms with E-state index in [9.17, 15) is 0 Å². The Hall–Kier alpha value is -2.96. The molecule has 0 radical (unpaired) electrons. The SMILES string of the molecule is CCOc1cc(NC2CCN(c3ccnc4ccncc34)CC2)ncn1. The number of ether oxygens (including phenoxy) is 1. The molecule has 1 fully saturated rings. The van der Waals surface area contributed by atoms with E-state index >= 15 is 0 Å². The van der Waals surface area contributed by atoms with Crippen LogP contribution in [0.2, 0.25) is 0 Å². The standard InChI is InChI=1S/C19H22N6O/c1-2-26-19-11-18(22-13-23-19)24-14-5-9-25(10-6-14)17-4-8-21-16-3-7-20-12-15(16)17/h3-4,7-8,11-14H,2,5-6,9-10H2,1H3,(H,22,23,24). The maximum Gasteiger partial charge on any atom is 0.218 e. The van der Waals surface area contributed by atoms with Gasteiger partial charge in [-0.15, -0.1) is 0 Å². The van der Waals surface area contributed by atoms with Crippen LogP contribution >= 0.6 is 0 Å². The van der Waals surface area contributed by atoms with Crippen LogP contribution in [0.5, 0.6) is 5.88 Å². The van der Waals surface area contributed by atoms with E-state index < -0.39 is 0 Å². The van der Waals surface area contributed by atoms with Gasteiger partial charge in [0.25, 0.3) is 0 Å². The summed E-state index contributed by atoms with van der Waals surface area (Å²) < 4.78 is 5.44. The lowest BCUT2D eigenvalue weighted by atomic mass is 10.0. The molecule has 134 valence electrons. The predicted octanol–water partition coefficient (Wildman–Crippen LogP) is 2.90. The van der Waals surface area contributed by atoms with Gasteiger partial charge in [0, 0.05) is 54.9 Å². The van der Waals surface area contributed by atoms with Crippen LogP contribution in [0.25, 0.3) is 10.9 Å². The van der Waals surface area contributed by atoms with Crippen molar-refractivity contribution in [1.82, 2.24) is 19.9 Å². The molecule has 0 aliphatic carbocycles. The summed E-state index contributed by atoms with van der Waals surface area (Å²) in [7, 11) is 0. The second-order valence-electron chi connectivity index (χ2n) is 6.30. The zero-order valence-electron chi connectivity index (χ0n) is 14.8. The number of piperidine rings is 1. The number of nitrogens with one attached hydrogen (secondary N) is 1. The first kappa shape index (κ1) is 16.5. The maximum atomic E-state index is 5.44. The Labute approximate surface area is 152 Å². The molecule has 4 rings (SSSR count). The molecule has 0 spiro atoms. The van der Waals surface area contributed by atoms with Crippen molar-refractivity contribution in [2.24, 2.45) is 0 Å². The molecule has 1 N–H and O–H groups in total. The van der Waals surface area contributed by atoms with Crippen LogP contribution in [0.3, 0.4) is 0 Å². The van der Waals surface area contributed by atoms with Crippen LogP contribution in [0.15, 0.2) is 43.1 Å². The average molecular weight is 350 g/mol. The third-order valence-corrected chi connectivity index (χ3v) is 4.64. The minimum atomic E-state index is 0.391. The van der Waals surface area contributed by atoms with Gasteiger partial charge >= 0.3 is 0 Å². The first-order valence-corrected chi connectivity index (χ1v) is 8.98. The van der Waals surface area contributed by atoms with Gasteiger partial charge < -0.3 is 15.0 Å². The van der Waals surface area contributed by atoms with E-state index in [4.69, 9.17) is 4.74 Å². The van der Waals surface area contributed by atoms with Crippen LogP contribution in [0.1, 0.15) is 19.8 Å². The number of rotatable bonds is 5. The van der Waals surface area contributed by atoms with Gasteiger partial charge in [-0.05, 0) is 31.9 Å². The van der Waals surface area contributed by atoms with E-state index in [1.54, 1.807) is 12.5 Å². The second-order valence-corrected chi connectivity index (χ2v) is 6.30. The van der Waals surface area contributed by atoms with E-state index in [0.717, 1.165) is 42.7 Å². The van der Waals surface area contributed by atoms with Crippen LogP contribution in [-0.2, 0) is 0 Å². The van der Waals surface area contributed by atoms with Gasteiger partial charge in [0.05, 0.1) is 12.1 Å². The summed E-state index contributed by atoms with van der Waals surface area (Å²) in [5.74, 6) is 1.43. The van der Waals surface area contributed by atoms with E-state index in [1.807, 2.05) is 31.5 Å². The number of hydrogen-bond acceptors (Lipinski definition) is 7. The summed E-state index contributed by atoms with van der Waals surface area (Å²) in [6.45, 7) is 4.51. The molecular weight excluding hydrogens is 328 g/mol. The number of nitrogens with zero attached hydrogens (tertiary/aromatic N) is 5. The van der Waals surface area contributed by atoms with Gasteiger partial charge in [-0.3, -0.25) is 9.97 Å². The molecule has 0 bridgehead atoms. The number of fused-ring (bicyclic) bond motifs is 1. The molecule has 0 saturated carbocycles. The summed E-state index contributed by atoms with van der Waals surface area (Å²) in [6, 6.07) is 6.29. The molecule has 0 amide bonds. The molecule has 1 aliphatic heterocycles. The molecule has 0 aromatic carbocycles. The fourth-order valence-electron chi connectivity index (χ4n) is 3.37. The Kier molecular flexibility index (Phi) is 4.77. The quantitative estimate of drug-likeness (QED) is 0.758. The molecule has 1 saturated heterocycles. The highest BCUT2D eigenvalue weighted by molar-refractivity contribution is 5.90. The molecule has 7 nitrogen and oxygen atoms in total. The Morgan fingerprint density at radius 2 is 2.04 bits per heavy atom. The number of pyridine rings is 2. The first-order valence-electron chi connectivity index (χ1n) is 8.98. The van der Waals surface area contributed by atoms with Gasteiger partial charge in [-0.2, -0.15) is 0 Å². The summed E-state index contributed by atoms with van der Waals surface area (Å²) in [5.41, 5.74) is 2.20. The van der Waals surface area contributed by atoms with Gasteiger partial charge in [-0.1, -0.05) is 0 Å². The fourth-order valence-corrected chi connectivity index (χ4v) is 3.37. The van der Waals surface area contributed by atoms with Crippen LogP contribution < -0.4 is 15.0 Å². The van der Waals surface area contributed by atoms with Gasteiger partial charge in [0.1, 0.15) is 12.1 Å². The molecule has 7 heteroatoms. The number of hydrogen-bond donors (Lipinski definition) is 1. The Bertz CT molecular complexity index is 873. The summed E-state index contributed by atoms with van der Waals surface area (Å²) >= 11 is 0. The maximum absolute atomic E-state index is 5.44. The van der Waals surface area contributed by atoms with Crippen LogP contribution in [-0.4, -0.2) is 45.7 Å². The molecule has 0 unspecified atom stereocenters. The molecule has 1 aliphatic rings. The topological polar surface area (TPSA) is 76.1 Å². The third-order valence-electron chi connectivity index (χ3n) is 4.64. The van der Waals surface area contributed by atoms with Crippen molar-refractivity contribution < 1.29 is 4.74 Å². The van der Waals surface area contributed by atoms with Crippen molar-refractivity contribution in [2.75, 3.05) is 29.9 Å². The normalized spacial score (nSPS) is 15.2. The molecule has 3 aromatic rings. The third kappa shape index (κ3) is 3.51. The smallest absolute Gasteiger partial charge is 0.218 e. The van der Waals surface area contributed by atoms with E-state index in [-0.39, 0.29) is 0 Å².